The molecule has 1 saturated heterocycles. The van der Waals surface area contributed by atoms with E-state index < -0.39 is 6.10 Å². The Kier molecular flexibility index (Phi) is 6.82. The van der Waals surface area contributed by atoms with E-state index in [1.165, 1.54) is 22.2 Å². The first-order valence-corrected chi connectivity index (χ1v) is 12.6. The number of fused-ring (bicyclic) bond motifs is 2. The van der Waals surface area contributed by atoms with Crippen LogP contribution in [0.2, 0.25) is 0 Å². The molecule has 32 heavy (non-hydrogen) atoms. The number of aryl methyl sites for hydroxylation is 1. The second-order valence-electron chi connectivity index (χ2n) is 9.57. The Labute approximate surface area is 192 Å². The van der Waals surface area contributed by atoms with Gasteiger partial charge in [-0.2, -0.15) is 0 Å². The molecule has 1 aliphatic carbocycles. The Balaban J connectivity index is 1.75. The minimum atomic E-state index is -0.499. The number of carbonyl (C=O) groups is 1. The van der Waals surface area contributed by atoms with Gasteiger partial charge in [-0.05, 0) is 75.8 Å². The number of rotatable bonds is 7. The van der Waals surface area contributed by atoms with Crippen molar-refractivity contribution < 1.29 is 9.90 Å². The molecule has 0 saturated carbocycles. The molecule has 2 aliphatic rings. The van der Waals surface area contributed by atoms with E-state index >= 15 is 0 Å². The number of amides is 2. The number of benzene rings is 1. The van der Waals surface area contributed by atoms with Crippen molar-refractivity contribution in [3.63, 3.8) is 0 Å². The minimum Gasteiger partial charge on any atom is -0.389 e. The van der Waals surface area contributed by atoms with Crippen molar-refractivity contribution in [3.8, 4) is 0 Å². The highest BCUT2D eigenvalue weighted by Crippen LogP contribution is 2.45. The number of aliphatic hydroxyl groups is 1. The third-order valence-corrected chi connectivity index (χ3v) is 7.61. The van der Waals surface area contributed by atoms with Gasteiger partial charge < -0.3 is 20.3 Å². The van der Waals surface area contributed by atoms with E-state index in [1.807, 2.05) is 25.7 Å². The van der Waals surface area contributed by atoms with Crippen molar-refractivity contribution in [1.82, 2.24) is 20.1 Å². The number of hydrogen-bond donors (Lipinski definition) is 3. The maximum Gasteiger partial charge on any atom is 0.317 e. The van der Waals surface area contributed by atoms with Crippen LogP contribution in [-0.4, -0.2) is 64.2 Å². The standard InChI is InChI=1S/C26H40N4O2/c1-6-10-30-15-18(27-26(32)29(8-3)9-4)13-19-20-11-17(16(5)31)12-23-25(20)21(14-24(19)30)22(7-2)28-23/h11-12,16,18-19,24,28,31H,6-10,13-15H2,1-5H3,(H,27,32)/t16?,18-,19+,24+/m0/s1. The highest BCUT2D eigenvalue weighted by molar-refractivity contribution is 5.90. The van der Waals surface area contributed by atoms with E-state index in [4.69, 9.17) is 0 Å². The number of carbonyl (C=O) groups excluding carboxylic acids is 1. The van der Waals surface area contributed by atoms with Crippen LogP contribution in [0.4, 0.5) is 4.79 Å². The lowest BCUT2D eigenvalue weighted by Gasteiger charge is -2.47. The Morgan fingerprint density at radius 2 is 2.03 bits per heavy atom. The summed E-state index contributed by atoms with van der Waals surface area (Å²) in [6.45, 7) is 13.8. The first-order chi connectivity index (χ1) is 15.4. The summed E-state index contributed by atoms with van der Waals surface area (Å²) < 4.78 is 0. The van der Waals surface area contributed by atoms with E-state index in [2.05, 4.69) is 41.2 Å². The molecule has 4 atom stereocenters. The fraction of sp³-hybridized carbons (Fsp3) is 0.654. The van der Waals surface area contributed by atoms with Gasteiger partial charge in [-0.1, -0.05) is 19.9 Å². The molecule has 176 valence electrons. The molecule has 6 heteroatoms. The molecule has 1 aromatic carbocycles. The maximum atomic E-state index is 12.8. The van der Waals surface area contributed by atoms with Crippen molar-refractivity contribution in [3.05, 3.63) is 34.5 Å². The van der Waals surface area contributed by atoms with Gasteiger partial charge >= 0.3 is 6.03 Å². The van der Waals surface area contributed by atoms with Crippen LogP contribution in [0.3, 0.4) is 0 Å². The summed E-state index contributed by atoms with van der Waals surface area (Å²) >= 11 is 0. The number of likely N-dealkylation sites (tertiary alicyclic amines) is 1. The first kappa shape index (κ1) is 23.1. The zero-order chi connectivity index (χ0) is 23.0. The van der Waals surface area contributed by atoms with Gasteiger partial charge in [0.2, 0.25) is 0 Å². The highest BCUT2D eigenvalue weighted by atomic mass is 16.3. The molecule has 0 bridgehead atoms. The summed E-state index contributed by atoms with van der Waals surface area (Å²) in [5.41, 5.74) is 6.27. The first-order valence-electron chi connectivity index (χ1n) is 12.6. The Morgan fingerprint density at radius 3 is 2.66 bits per heavy atom. The molecule has 1 aromatic heterocycles. The number of H-pyrrole nitrogens is 1. The molecule has 2 aromatic rings. The largest absolute Gasteiger partial charge is 0.389 e. The van der Waals surface area contributed by atoms with Gasteiger partial charge in [0.1, 0.15) is 0 Å². The molecule has 0 radical (unpaired) electrons. The van der Waals surface area contributed by atoms with Crippen LogP contribution >= 0.6 is 0 Å². The van der Waals surface area contributed by atoms with Crippen molar-refractivity contribution >= 4 is 16.9 Å². The SMILES string of the molecule is CCCN1C[C@@H](NC(=O)N(CC)CC)C[C@@H]2c3cc(C(C)O)cc4[nH]c(CC)c(c34)C[C@H]21. The van der Waals surface area contributed by atoms with Crippen LogP contribution < -0.4 is 5.32 Å². The van der Waals surface area contributed by atoms with Gasteiger partial charge in [0.25, 0.3) is 0 Å². The van der Waals surface area contributed by atoms with Crippen LogP contribution in [0.15, 0.2) is 12.1 Å². The Hall–Kier alpha value is -2.05. The molecule has 2 amide bonds. The van der Waals surface area contributed by atoms with Gasteiger partial charge in [-0.15, -0.1) is 0 Å². The zero-order valence-electron chi connectivity index (χ0n) is 20.4. The quantitative estimate of drug-likeness (QED) is 0.600. The van der Waals surface area contributed by atoms with E-state index in [0.717, 1.165) is 62.9 Å². The second kappa shape index (κ2) is 9.44. The molecule has 3 N–H and O–H groups in total. The van der Waals surface area contributed by atoms with Crippen molar-refractivity contribution in [2.45, 2.75) is 84.4 Å². The lowest BCUT2D eigenvalue weighted by Crippen LogP contribution is -2.58. The summed E-state index contributed by atoms with van der Waals surface area (Å²) in [4.78, 5) is 21.0. The van der Waals surface area contributed by atoms with Crippen molar-refractivity contribution in [2.24, 2.45) is 0 Å². The minimum absolute atomic E-state index is 0.0455. The number of aromatic nitrogens is 1. The summed E-state index contributed by atoms with van der Waals surface area (Å²) in [7, 11) is 0. The topological polar surface area (TPSA) is 71.6 Å². The lowest BCUT2D eigenvalue weighted by molar-refractivity contribution is 0.0977. The number of aromatic amines is 1. The number of aliphatic hydroxyl groups excluding tert-OH is 1. The average Bonchev–Trinajstić information content (AvgIpc) is 3.13. The van der Waals surface area contributed by atoms with Gasteiger partial charge in [-0.25, -0.2) is 4.79 Å². The van der Waals surface area contributed by atoms with Gasteiger partial charge in [0.05, 0.1) is 6.10 Å². The van der Waals surface area contributed by atoms with Crippen LogP contribution in [0.5, 0.6) is 0 Å². The third kappa shape index (κ3) is 4.03. The fourth-order valence-corrected chi connectivity index (χ4v) is 6.02. The fourth-order valence-electron chi connectivity index (χ4n) is 6.02. The molecule has 4 rings (SSSR count). The zero-order valence-corrected chi connectivity index (χ0v) is 20.4. The Bertz CT molecular complexity index is 962. The highest BCUT2D eigenvalue weighted by Gasteiger charge is 2.42. The number of hydrogen-bond acceptors (Lipinski definition) is 3. The Morgan fingerprint density at radius 1 is 1.28 bits per heavy atom. The van der Waals surface area contributed by atoms with Crippen LogP contribution in [-0.2, 0) is 12.8 Å². The van der Waals surface area contributed by atoms with Crippen molar-refractivity contribution in [1.29, 1.82) is 0 Å². The number of piperidine rings is 1. The van der Waals surface area contributed by atoms with Crippen LogP contribution in [0.25, 0.3) is 10.9 Å². The summed E-state index contributed by atoms with van der Waals surface area (Å²) in [6.07, 6.45) is 3.60. The van der Waals surface area contributed by atoms with Crippen molar-refractivity contribution in [2.75, 3.05) is 26.2 Å². The summed E-state index contributed by atoms with van der Waals surface area (Å²) in [5, 5.41) is 15.1. The second-order valence-corrected chi connectivity index (χ2v) is 9.57. The summed E-state index contributed by atoms with van der Waals surface area (Å²) in [5.74, 6) is 0.353. The predicted molar refractivity (Wildman–Crippen MR) is 130 cm³/mol. The predicted octanol–water partition coefficient (Wildman–Crippen LogP) is 4.33. The molecule has 1 unspecified atom stereocenters. The molecule has 1 aliphatic heterocycles. The summed E-state index contributed by atoms with van der Waals surface area (Å²) in [6, 6.07) is 4.98. The van der Waals surface area contributed by atoms with E-state index in [-0.39, 0.29) is 12.1 Å². The number of nitrogens with one attached hydrogen (secondary N) is 2. The normalized spacial score (nSPS) is 23.8. The van der Waals surface area contributed by atoms with E-state index in [0.29, 0.717) is 12.0 Å². The monoisotopic (exact) mass is 440 g/mol. The van der Waals surface area contributed by atoms with Gasteiger partial charge in [0.15, 0.2) is 0 Å². The molecule has 1 fully saturated rings. The average molecular weight is 441 g/mol. The van der Waals surface area contributed by atoms with Crippen LogP contribution in [0.1, 0.15) is 81.9 Å². The molecule has 6 nitrogen and oxygen atoms in total. The molecular weight excluding hydrogens is 400 g/mol. The maximum absolute atomic E-state index is 12.8. The number of nitrogens with zero attached hydrogens (tertiary/aromatic N) is 2. The molecule has 0 spiro atoms. The van der Waals surface area contributed by atoms with Gasteiger partial charge in [0, 0.05) is 54.2 Å². The van der Waals surface area contributed by atoms with Crippen LogP contribution in [0, 0.1) is 0 Å². The number of urea groups is 1. The van der Waals surface area contributed by atoms with E-state index in [9.17, 15) is 9.90 Å². The lowest BCUT2D eigenvalue weighted by atomic mass is 9.72. The van der Waals surface area contributed by atoms with E-state index in [1.54, 1.807) is 0 Å². The van der Waals surface area contributed by atoms with Gasteiger partial charge in [-0.3, -0.25) is 4.90 Å². The smallest absolute Gasteiger partial charge is 0.317 e. The molecule has 2 heterocycles. The third-order valence-electron chi connectivity index (χ3n) is 7.61. The molecular formula is C26H40N4O2.